The molecule has 0 saturated heterocycles. The van der Waals surface area contributed by atoms with Gasteiger partial charge >= 0.3 is 0 Å². The first-order valence-corrected chi connectivity index (χ1v) is 6.50. The minimum atomic E-state index is 0. The maximum absolute atomic E-state index is 9.61. The summed E-state index contributed by atoms with van der Waals surface area (Å²) in [6.45, 7) is 4.42. The number of phenolic OH excluding ortho intramolecular Hbond substituents is 1. The number of benzene rings is 2. The Bertz CT molecular complexity index is 598. The third-order valence-electron chi connectivity index (χ3n) is 2.74. The van der Waals surface area contributed by atoms with E-state index in [1.165, 1.54) is 5.56 Å². The smallest absolute Gasteiger partial charge is 0.161 e. The second-order valence-electron chi connectivity index (χ2n) is 4.40. The minimum Gasteiger partial charge on any atom is -0.504 e. The van der Waals surface area contributed by atoms with Gasteiger partial charge in [0.15, 0.2) is 11.5 Å². The van der Waals surface area contributed by atoms with Gasteiger partial charge in [-0.05, 0) is 49.7 Å². The molecule has 5 heteroatoms. The molecule has 0 bridgehead atoms. The highest BCUT2D eigenvalue weighted by Crippen LogP contribution is 2.26. The molecule has 0 aliphatic heterocycles. The Morgan fingerprint density at radius 3 is 2.57 bits per heavy atom. The Balaban J connectivity index is 0.00000220. The number of nitrogens with zero attached hydrogens (tertiary/aromatic N) is 1. The van der Waals surface area contributed by atoms with Gasteiger partial charge in [0.05, 0.1) is 18.5 Å². The molecule has 0 aromatic heterocycles. The maximum atomic E-state index is 9.61. The quantitative estimate of drug-likeness (QED) is 0.649. The number of rotatable bonds is 5. The van der Waals surface area contributed by atoms with E-state index in [-0.39, 0.29) is 18.2 Å². The molecule has 0 fully saturated rings. The third kappa shape index (κ3) is 5.00. The number of hydrogen-bond acceptors (Lipinski definition) is 4. The van der Waals surface area contributed by atoms with Crippen molar-refractivity contribution in [2.24, 2.45) is 5.10 Å². The van der Waals surface area contributed by atoms with E-state index in [1.54, 1.807) is 24.4 Å². The van der Waals surface area contributed by atoms with Crippen LogP contribution in [0.1, 0.15) is 18.1 Å². The van der Waals surface area contributed by atoms with Crippen LogP contribution in [0.25, 0.3) is 0 Å². The Hall–Kier alpha value is -2.20. The topological polar surface area (TPSA) is 53.8 Å². The van der Waals surface area contributed by atoms with Crippen LogP contribution in [0, 0.1) is 6.92 Å². The van der Waals surface area contributed by atoms with Gasteiger partial charge in [-0.15, -0.1) is 12.4 Å². The summed E-state index contributed by atoms with van der Waals surface area (Å²) in [5.74, 6) is 0.599. The number of hydrazone groups is 1. The molecule has 2 rings (SSSR count). The van der Waals surface area contributed by atoms with E-state index in [4.69, 9.17) is 4.74 Å². The van der Waals surface area contributed by atoms with Gasteiger partial charge in [-0.3, -0.25) is 5.43 Å². The van der Waals surface area contributed by atoms with Crippen LogP contribution in [0.5, 0.6) is 11.5 Å². The first kappa shape index (κ1) is 16.9. The summed E-state index contributed by atoms with van der Waals surface area (Å²) in [5.41, 5.74) is 5.94. The summed E-state index contributed by atoms with van der Waals surface area (Å²) in [7, 11) is 0. The molecule has 2 aromatic rings. The van der Waals surface area contributed by atoms with Crippen molar-refractivity contribution < 1.29 is 9.84 Å². The number of hydrogen-bond donors (Lipinski definition) is 2. The zero-order valence-corrected chi connectivity index (χ0v) is 12.9. The standard InChI is InChI=1S/C16H18N2O2.ClH/c1-3-20-16-10-13(6-9-15(16)19)11-17-18-14-7-4-12(2)5-8-14;/h4-11,18-19H,3H2,1-2H3;1H/b17-11+;. The Morgan fingerprint density at radius 1 is 1.19 bits per heavy atom. The van der Waals surface area contributed by atoms with Crippen LogP contribution >= 0.6 is 12.4 Å². The van der Waals surface area contributed by atoms with Gasteiger partial charge in [0, 0.05) is 0 Å². The Kier molecular flexibility index (Phi) is 6.56. The van der Waals surface area contributed by atoms with Crippen LogP contribution in [0.3, 0.4) is 0 Å². The van der Waals surface area contributed by atoms with Crippen LogP contribution in [0.15, 0.2) is 47.6 Å². The largest absolute Gasteiger partial charge is 0.504 e. The van der Waals surface area contributed by atoms with Gasteiger partial charge < -0.3 is 9.84 Å². The molecule has 0 atom stereocenters. The van der Waals surface area contributed by atoms with Crippen molar-refractivity contribution in [3.63, 3.8) is 0 Å². The first-order valence-electron chi connectivity index (χ1n) is 6.50. The molecule has 0 aliphatic rings. The van der Waals surface area contributed by atoms with E-state index in [0.717, 1.165) is 11.3 Å². The summed E-state index contributed by atoms with van der Waals surface area (Å²) < 4.78 is 5.32. The van der Waals surface area contributed by atoms with Crippen LogP contribution in [0.4, 0.5) is 5.69 Å². The fourth-order valence-electron chi connectivity index (χ4n) is 1.69. The van der Waals surface area contributed by atoms with E-state index in [9.17, 15) is 5.11 Å². The summed E-state index contributed by atoms with van der Waals surface area (Å²) in [4.78, 5) is 0. The summed E-state index contributed by atoms with van der Waals surface area (Å²) in [6.07, 6.45) is 1.68. The van der Waals surface area contributed by atoms with Crippen LogP contribution in [-0.4, -0.2) is 17.9 Å². The second-order valence-corrected chi connectivity index (χ2v) is 4.40. The molecule has 0 saturated carbocycles. The predicted octanol–water partition coefficient (Wildman–Crippen LogP) is 3.97. The number of anilines is 1. The number of aromatic hydroxyl groups is 1. The lowest BCUT2D eigenvalue weighted by Gasteiger charge is -2.06. The predicted molar refractivity (Wildman–Crippen MR) is 88.9 cm³/mol. The molecule has 4 nitrogen and oxygen atoms in total. The molecular formula is C16H19ClN2O2. The Morgan fingerprint density at radius 2 is 1.90 bits per heavy atom. The lowest BCUT2D eigenvalue weighted by Crippen LogP contribution is -1.94. The summed E-state index contributed by atoms with van der Waals surface area (Å²) in [5, 5.41) is 13.8. The highest BCUT2D eigenvalue weighted by atomic mass is 35.5. The monoisotopic (exact) mass is 306 g/mol. The van der Waals surface area contributed by atoms with Gasteiger partial charge in [0.25, 0.3) is 0 Å². The number of nitrogens with one attached hydrogen (secondary N) is 1. The van der Waals surface area contributed by atoms with E-state index in [0.29, 0.717) is 12.4 Å². The number of aryl methyl sites for hydroxylation is 1. The molecule has 21 heavy (non-hydrogen) atoms. The van der Waals surface area contributed by atoms with Gasteiger partial charge in [-0.25, -0.2) is 0 Å². The van der Waals surface area contributed by atoms with E-state index in [1.807, 2.05) is 38.1 Å². The molecule has 2 N–H and O–H groups in total. The lowest BCUT2D eigenvalue weighted by molar-refractivity contribution is 0.318. The fourth-order valence-corrected chi connectivity index (χ4v) is 1.69. The number of halogens is 1. The van der Waals surface area contributed by atoms with E-state index >= 15 is 0 Å². The molecule has 0 amide bonds. The van der Waals surface area contributed by atoms with E-state index < -0.39 is 0 Å². The van der Waals surface area contributed by atoms with Crippen molar-refractivity contribution in [1.29, 1.82) is 0 Å². The van der Waals surface area contributed by atoms with Crippen molar-refractivity contribution in [1.82, 2.24) is 0 Å². The zero-order chi connectivity index (χ0) is 14.4. The molecule has 0 radical (unpaired) electrons. The van der Waals surface area contributed by atoms with Crippen LogP contribution in [0.2, 0.25) is 0 Å². The minimum absolute atomic E-state index is 0. The van der Waals surface area contributed by atoms with E-state index in [2.05, 4.69) is 10.5 Å². The summed E-state index contributed by atoms with van der Waals surface area (Å²) in [6, 6.07) is 13.1. The van der Waals surface area contributed by atoms with Gasteiger partial charge in [-0.1, -0.05) is 17.7 Å². The molecule has 0 heterocycles. The highest BCUT2D eigenvalue weighted by Gasteiger charge is 2.01. The van der Waals surface area contributed by atoms with Crippen molar-refractivity contribution in [3.05, 3.63) is 53.6 Å². The Labute approximate surface area is 130 Å². The molecule has 112 valence electrons. The van der Waals surface area contributed by atoms with Crippen molar-refractivity contribution in [3.8, 4) is 11.5 Å². The average molecular weight is 307 g/mol. The number of phenols is 1. The van der Waals surface area contributed by atoms with Crippen LogP contribution in [-0.2, 0) is 0 Å². The average Bonchev–Trinajstić information content (AvgIpc) is 2.45. The zero-order valence-electron chi connectivity index (χ0n) is 12.0. The lowest BCUT2D eigenvalue weighted by atomic mass is 10.2. The SMILES string of the molecule is CCOc1cc(/C=N/Nc2ccc(C)cc2)ccc1O.Cl. The molecule has 0 spiro atoms. The van der Waals surface area contributed by atoms with Crippen molar-refractivity contribution >= 4 is 24.3 Å². The highest BCUT2D eigenvalue weighted by molar-refractivity contribution is 5.85. The third-order valence-corrected chi connectivity index (χ3v) is 2.74. The fraction of sp³-hybridized carbons (Fsp3) is 0.188. The maximum Gasteiger partial charge on any atom is 0.161 e. The van der Waals surface area contributed by atoms with Gasteiger partial charge in [0.2, 0.25) is 0 Å². The first-order chi connectivity index (χ1) is 9.69. The summed E-state index contributed by atoms with van der Waals surface area (Å²) >= 11 is 0. The number of ether oxygens (including phenoxy) is 1. The molecular weight excluding hydrogens is 288 g/mol. The molecule has 0 aliphatic carbocycles. The second kappa shape index (κ2) is 8.17. The molecule has 0 unspecified atom stereocenters. The van der Waals surface area contributed by atoms with Crippen molar-refractivity contribution in [2.75, 3.05) is 12.0 Å². The van der Waals surface area contributed by atoms with Crippen molar-refractivity contribution in [2.45, 2.75) is 13.8 Å². The van der Waals surface area contributed by atoms with Gasteiger partial charge in [0.1, 0.15) is 0 Å². The van der Waals surface area contributed by atoms with Crippen LogP contribution < -0.4 is 10.2 Å². The normalized spacial score (nSPS) is 10.2. The molecule has 2 aromatic carbocycles. The van der Waals surface area contributed by atoms with Gasteiger partial charge in [-0.2, -0.15) is 5.10 Å².